The highest BCUT2D eigenvalue weighted by Gasteiger charge is 2.06. The van der Waals surface area contributed by atoms with Crippen LogP contribution in [0, 0.1) is 18.6 Å². The standard InChI is InChI=1S/C19H18F2N4/c1-3-13-4-6-14(7-5-13)24-19-22-12(2)10-18(25-19)23-15-8-9-16(20)17(21)11-15/h4-11H,3H2,1-2H3,(H2,22,23,24,25). The zero-order chi connectivity index (χ0) is 17.8. The minimum Gasteiger partial charge on any atom is -0.340 e. The average molecular weight is 340 g/mol. The topological polar surface area (TPSA) is 49.8 Å². The summed E-state index contributed by atoms with van der Waals surface area (Å²) in [5, 5.41) is 6.11. The predicted octanol–water partition coefficient (Wildman–Crippen LogP) is 5.11. The molecule has 0 aliphatic heterocycles. The lowest BCUT2D eigenvalue weighted by Crippen LogP contribution is -2.02. The van der Waals surface area contributed by atoms with Crippen molar-refractivity contribution >= 4 is 23.1 Å². The molecule has 0 unspecified atom stereocenters. The van der Waals surface area contributed by atoms with Gasteiger partial charge in [-0.15, -0.1) is 0 Å². The first-order valence-electron chi connectivity index (χ1n) is 7.97. The van der Waals surface area contributed by atoms with Gasteiger partial charge in [-0.05, 0) is 43.2 Å². The number of anilines is 4. The van der Waals surface area contributed by atoms with Crippen molar-refractivity contribution in [2.75, 3.05) is 10.6 Å². The quantitative estimate of drug-likeness (QED) is 0.677. The van der Waals surface area contributed by atoms with Gasteiger partial charge in [0.1, 0.15) is 5.82 Å². The van der Waals surface area contributed by atoms with Crippen LogP contribution in [-0.2, 0) is 6.42 Å². The van der Waals surface area contributed by atoms with Gasteiger partial charge in [0.05, 0.1) is 0 Å². The second-order valence-electron chi connectivity index (χ2n) is 5.65. The summed E-state index contributed by atoms with van der Waals surface area (Å²) in [5.74, 6) is -0.882. The first kappa shape index (κ1) is 16.8. The smallest absolute Gasteiger partial charge is 0.229 e. The Morgan fingerprint density at radius 1 is 0.840 bits per heavy atom. The summed E-state index contributed by atoms with van der Waals surface area (Å²) >= 11 is 0. The third-order valence-electron chi connectivity index (χ3n) is 3.66. The van der Waals surface area contributed by atoms with Gasteiger partial charge < -0.3 is 10.6 Å². The molecule has 3 aromatic rings. The molecule has 2 aromatic carbocycles. The Morgan fingerprint density at radius 2 is 1.56 bits per heavy atom. The van der Waals surface area contributed by atoms with E-state index < -0.39 is 11.6 Å². The first-order chi connectivity index (χ1) is 12.0. The molecule has 2 N–H and O–H groups in total. The molecular formula is C19H18F2N4. The van der Waals surface area contributed by atoms with Crippen molar-refractivity contribution in [3.05, 3.63) is 71.4 Å². The maximum atomic E-state index is 13.3. The third-order valence-corrected chi connectivity index (χ3v) is 3.66. The lowest BCUT2D eigenvalue weighted by molar-refractivity contribution is 0.509. The van der Waals surface area contributed by atoms with Gasteiger partial charge in [-0.2, -0.15) is 4.98 Å². The van der Waals surface area contributed by atoms with E-state index in [0.29, 0.717) is 17.5 Å². The largest absolute Gasteiger partial charge is 0.340 e. The Balaban J connectivity index is 1.80. The minimum atomic E-state index is -0.912. The molecule has 0 saturated heterocycles. The Kier molecular flexibility index (Phi) is 4.88. The first-order valence-corrected chi connectivity index (χ1v) is 7.97. The van der Waals surface area contributed by atoms with Crippen LogP contribution >= 0.6 is 0 Å². The van der Waals surface area contributed by atoms with Gasteiger partial charge >= 0.3 is 0 Å². The fourth-order valence-electron chi connectivity index (χ4n) is 2.36. The van der Waals surface area contributed by atoms with Crippen molar-refractivity contribution < 1.29 is 8.78 Å². The second kappa shape index (κ2) is 7.25. The molecule has 0 aliphatic carbocycles. The Morgan fingerprint density at radius 3 is 2.24 bits per heavy atom. The molecule has 0 spiro atoms. The van der Waals surface area contributed by atoms with Crippen molar-refractivity contribution in [2.45, 2.75) is 20.3 Å². The summed E-state index contributed by atoms with van der Waals surface area (Å²) in [7, 11) is 0. The number of benzene rings is 2. The highest BCUT2D eigenvalue weighted by molar-refractivity contribution is 5.60. The molecule has 4 nitrogen and oxygen atoms in total. The van der Waals surface area contributed by atoms with Gasteiger partial charge in [0.2, 0.25) is 5.95 Å². The molecule has 0 bridgehead atoms. The summed E-state index contributed by atoms with van der Waals surface area (Å²) in [6, 6.07) is 13.3. The van der Waals surface area contributed by atoms with Crippen molar-refractivity contribution in [3.8, 4) is 0 Å². The van der Waals surface area contributed by atoms with Crippen LogP contribution in [0.5, 0.6) is 0 Å². The molecule has 6 heteroatoms. The monoisotopic (exact) mass is 340 g/mol. The van der Waals surface area contributed by atoms with Crippen LogP contribution in [0.25, 0.3) is 0 Å². The van der Waals surface area contributed by atoms with E-state index in [1.54, 1.807) is 6.07 Å². The number of hydrogen-bond donors (Lipinski definition) is 2. The van der Waals surface area contributed by atoms with Gasteiger partial charge in [-0.3, -0.25) is 0 Å². The Bertz CT molecular complexity index is 879. The lowest BCUT2D eigenvalue weighted by Gasteiger charge is -2.10. The van der Waals surface area contributed by atoms with Crippen LogP contribution < -0.4 is 10.6 Å². The van der Waals surface area contributed by atoms with Crippen molar-refractivity contribution in [1.82, 2.24) is 9.97 Å². The molecule has 0 saturated carbocycles. The minimum absolute atomic E-state index is 0.412. The van der Waals surface area contributed by atoms with Crippen LogP contribution in [0.4, 0.5) is 31.9 Å². The number of hydrogen-bond acceptors (Lipinski definition) is 4. The van der Waals surface area contributed by atoms with E-state index in [2.05, 4.69) is 27.5 Å². The van der Waals surface area contributed by atoms with Gasteiger partial charge in [0, 0.05) is 29.2 Å². The zero-order valence-corrected chi connectivity index (χ0v) is 14.0. The molecule has 0 radical (unpaired) electrons. The number of nitrogens with one attached hydrogen (secondary N) is 2. The SMILES string of the molecule is CCc1ccc(Nc2nc(C)cc(Nc3ccc(F)c(F)c3)n2)cc1. The molecule has 1 heterocycles. The van der Waals surface area contributed by atoms with E-state index in [0.717, 1.165) is 29.9 Å². The van der Waals surface area contributed by atoms with Gasteiger partial charge in [-0.1, -0.05) is 19.1 Å². The average Bonchev–Trinajstić information content (AvgIpc) is 2.58. The van der Waals surface area contributed by atoms with E-state index in [9.17, 15) is 8.78 Å². The van der Waals surface area contributed by atoms with Gasteiger partial charge in [0.15, 0.2) is 11.6 Å². The fraction of sp³-hybridized carbons (Fsp3) is 0.158. The van der Waals surface area contributed by atoms with Gasteiger partial charge in [-0.25, -0.2) is 13.8 Å². The molecule has 3 rings (SSSR count). The molecule has 0 amide bonds. The lowest BCUT2D eigenvalue weighted by atomic mass is 10.1. The summed E-state index contributed by atoms with van der Waals surface area (Å²) in [6.07, 6.45) is 0.976. The summed E-state index contributed by atoms with van der Waals surface area (Å²) in [4.78, 5) is 8.72. The predicted molar refractivity (Wildman–Crippen MR) is 95.5 cm³/mol. The third kappa shape index (κ3) is 4.29. The normalized spacial score (nSPS) is 10.6. The van der Waals surface area contributed by atoms with E-state index in [-0.39, 0.29) is 0 Å². The number of aryl methyl sites for hydroxylation is 2. The molecule has 0 aliphatic rings. The molecule has 0 fully saturated rings. The second-order valence-corrected chi connectivity index (χ2v) is 5.65. The van der Waals surface area contributed by atoms with E-state index >= 15 is 0 Å². The molecule has 0 atom stereocenters. The molecule has 128 valence electrons. The molecule has 1 aromatic heterocycles. The Labute approximate surface area is 145 Å². The van der Waals surface area contributed by atoms with Crippen LogP contribution in [0.15, 0.2) is 48.5 Å². The van der Waals surface area contributed by atoms with E-state index in [4.69, 9.17) is 0 Å². The molecule has 25 heavy (non-hydrogen) atoms. The summed E-state index contributed by atoms with van der Waals surface area (Å²) in [5.41, 5.74) is 3.28. The van der Waals surface area contributed by atoms with Gasteiger partial charge in [0.25, 0.3) is 0 Å². The summed E-state index contributed by atoms with van der Waals surface area (Å²) in [6.45, 7) is 3.94. The molecular weight excluding hydrogens is 322 g/mol. The Hall–Kier alpha value is -3.02. The van der Waals surface area contributed by atoms with Crippen molar-refractivity contribution in [2.24, 2.45) is 0 Å². The number of aromatic nitrogens is 2. The van der Waals surface area contributed by atoms with Crippen LogP contribution in [-0.4, -0.2) is 9.97 Å². The van der Waals surface area contributed by atoms with E-state index in [1.165, 1.54) is 11.6 Å². The van der Waals surface area contributed by atoms with Crippen molar-refractivity contribution in [1.29, 1.82) is 0 Å². The number of halogens is 2. The maximum Gasteiger partial charge on any atom is 0.229 e. The summed E-state index contributed by atoms with van der Waals surface area (Å²) < 4.78 is 26.4. The van der Waals surface area contributed by atoms with E-state index in [1.807, 2.05) is 31.2 Å². The van der Waals surface area contributed by atoms with Crippen LogP contribution in [0.1, 0.15) is 18.2 Å². The highest BCUT2D eigenvalue weighted by Crippen LogP contribution is 2.21. The zero-order valence-electron chi connectivity index (χ0n) is 14.0. The maximum absolute atomic E-state index is 13.3. The number of rotatable bonds is 5. The van der Waals surface area contributed by atoms with Crippen LogP contribution in [0.3, 0.4) is 0 Å². The number of nitrogens with zero attached hydrogens (tertiary/aromatic N) is 2. The van der Waals surface area contributed by atoms with Crippen molar-refractivity contribution in [3.63, 3.8) is 0 Å². The fourth-order valence-corrected chi connectivity index (χ4v) is 2.36. The highest BCUT2D eigenvalue weighted by atomic mass is 19.2. The van der Waals surface area contributed by atoms with Crippen LogP contribution in [0.2, 0.25) is 0 Å².